The molecule has 2 nitrogen and oxygen atoms in total. The average Bonchev–Trinajstić information content (AvgIpc) is 3.00. The van der Waals surface area contributed by atoms with E-state index in [9.17, 15) is 5.11 Å². The molecule has 0 amide bonds. The van der Waals surface area contributed by atoms with Gasteiger partial charge in [0.2, 0.25) is 0 Å². The molecule has 1 aliphatic carbocycles. The molecule has 0 bridgehead atoms. The number of halogens is 1. The third-order valence-corrected chi connectivity index (χ3v) is 3.08. The molecule has 0 heterocycles. The SMILES string of the molecule is N[C@@H](c1ccccc1Cl)[C@H](O)C1CC1. The first kappa shape index (κ1) is 9.97. The van der Waals surface area contributed by atoms with E-state index in [4.69, 9.17) is 17.3 Å². The monoisotopic (exact) mass is 211 g/mol. The van der Waals surface area contributed by atoms with Crippen LogP contribution in [0.5, 0.6) is 0 Å². The lowest BCUT2D eigenvalue weighted by molar-refractivity contribution is 0.122. The predicted octanol–water partition coefficient (Wildman–Crippen LogP) is 2.11. The van der Waals surface area contributed by atoms with E-state index in [1.807, 2.05) is 18.2 Å². The van der Waals surface area contributed by atoms with Crippen molar-refractivity contribution in [2.24, 2.45) is 11.7 Å². The maximum absolute atomic E-state index is 9.85. The topological polar surface area (TPSA) is 46.2 Å². The Kier molecular flexibility index (Phi) is 2.77. The molecular weight excluding hydrogens is 198 g/mol. The molecule has 2 atom stereocenters. The van der Waals surface area contributed by atoms with Gasteiger partial charge < -0.3 is 10.8 Å². The minimum atomic E-state index is -0.449. The summed E-state index contributed by atoms with van der Waals surface area (Å²) >= 11 is 6.00. The van der Waals surface area contributed by atoms with Crippen molar-refractivity contribution in [3.05, 3.63) is 34.9 Å². The Morgan fingerprint density at radius 3 is 2.57 bits per heavy atom. The second-order valence-corrected chi connectivity index (χ2v) is 4.28. The lowest BCUT2D eigenvalue weighted by atomic mass is 9.99. The quantitative estimate of drug-likeness (QED) is 0.805. The fraction of sp³-hybridized carbons (Fsp3) is 0.455. The van der Waals surface area contributed by atoms with E-state index in [1.165, 1.54) is 0 Å². The second-order valence-electron chi connectivity index (χ2n) is 3.88. The summed E-state index contributed by atoms with van der Waals surface area (Å²) in [4.78, 5) is 0. The van der Waals surface area contributed by atoms with E-state index in [-0.39, 0.29) is 6.04 Å². The molecular formula is C11H14ClNO. The molecule has 1 aliphatic rings. The highest BCUT2D eigenvalue weighted by Crippen LogP contribution is 2.38. The van der Waals surface area contributed by atoms with Gasteiger partial charge in [0.15, 0.2) is 0 Å². The van der Waals surface area contributed by atoms with Crippen molar-refractivity contribution in [1.82, 2.24) is 0 Å². The van der Waals surface area contributed by atoms with Crippen molar-refractivity contribution >= 4 is 11.6 Å². The molecule has 1 saturated carbocycles. The summed E-state index contributed by atoms with van der Waals surface area (Å²) in [5, 5.41) is 10.5. The maximum atomic E-state index is 9.85. The molecule has 76 valence electrons. The van der Waals surface area contributed by atoms with Crippen molar-refractivity contribution in [3.8, 4) is 0 Å². The highest BCUT2D eigenvalue weighted by atomic mass is 35.5. The summed E-state index contributed by atoms with van der Waals surface area (Å²) in [6.07, 6.45) is 1.72. The zero-order valence-electron chi connectivity index (χ0n) is 7.86. The maximum Gasteiger partial charge on any atom is 0.0761 e. The Labute approximate surface area is 88.7 Å². The fourth-order valence-electron chi connectivity index (χ4n) is 1.66. The zero-order valence-corrected chi connectivity index (χ0v) is 8.61. The lowest BCUT2D eigenvalue weighted by Crippen LogP contribution is -2.28. The van der Waals surface area contributed by atoms with Gasteiger partial charge in [0.1, 0.15) is 0 Å². The highest BCUT2D eigenvalue weighted by molar-refractivity contribution is 6.31. The van der Waals surface area contributed by atoms with Crippen LogP contribution in [-0.2, 0) is 0 Å². The van der Waals surface area contributed by atoms with Gasteiger partial charge in [-0.05, 0) is 30.4 Å². The van der Waals surface area contributed by atoms with Crippen LogP contribution in [0.4, 0.5) is 0 Å². The van der Waals surface area contributed by atoms with E-state index in [0.717, 1.165) is 18.4 Å². The van der Waals surface area contributed by atoms with Crippen molar-refractivity contribution in [2.45, 2.75) is 25.0 Å². The molecule has 0 radical (unpaired) electrons. The Morgan fingerprint density at radius 2 is 2.00 bits per heavy atom. The summed E-state index contributed by atoms with van der Waals surface area (Å²) in [7, 11) is 0. The molecule has 1 aromatic rings. The molecule has 0 aromatic heterocycles. The molecule has 14 heavy (non-hydrogen) atoms. The first-order valence-corrected chi connectivity index (χ1v) is 5.26. The molecule has 0 unspecified atom stereocenters. The standard InChI is InChI=1S/C11H14ClNO/c12-9-4-2-1-3-8(9)10(13)11(14)7-5-6-7/h1-4,7,10-11,14H,5-6,13H2/t10-,11+/m0/s1. The summed E-state index contributed by atoms with van der Waals surface area (Å²) in [5.74, 6) is 0.376. The second kappa shape index (κ2) is 3.89. The van der Waals surface area contributed by atoms with Crippen LogP contribution in [0.15, 0.2) is 24.3 Å². The minimum Gasteiger partial charge on any atom is -0.391 e. The van der Waals surface area contributed by atoms with Crippen molar-refractivity contribution < 1.29 is 5.11 Å². The first-order chi connectivity index (χ1) is 6.70. The first-order valence-electron chi connectivity index (χ1n) is 4.88. The number of aliphatic hydroxyl groups is 1. The summed E-state index contributed by atoms with van der Waals surface area (Å²) in [6, 6.07) is 7.08. The van der Waals surface area contributed by atoms with E-state index < -0.39 is 6.10 Å². The number of benzene rings is 1. The van der Waals surface area contributed by atoms with Gasteiger partial charge in [0.05, 0.1) is 12.1 Å². The molecule has 2 rings (SSSR count). The van der Waals surface area contributed by atoms with Crippen LogP contribution >= 0.6 is 11.6 Å². The number of hydrogen-bond donors (Lipinski definition) is 2. The van der Waals surface area contributed by atoms with E-state index in [1.54, 1.807) is 6.07 Å². The van der Waals surface area contributed by atoms with Crippen molar-refractivity contribution in [3.63, 3.8) is 0 Å². The number of aliphatic hydroxyl groups excluding tert-OH is 1. The van der Waals surface area contributed by atoms with Crippen LogP contribution in [0, 0.1) is 5.92 Å². The van der Waals surface area contributed by atoms with E-state index in [2.05, 4.69) is 0 Å². The summed E-state index contributed by atoms with van der Waals surface area (Å²) in [6.45, 7) is 0. The van der Waals surface area contributed by atoms with Crippen LogP contribution in [-0.4, -0.2) is 11.2 Å². The molecule has 3 heteroatoms. The molecule has 0 saturated heterocycles. The van der Waals surface area contributed by atoms with Gasteiger partial charge in [0.25, 0.3) is 0 Å². The third kappa shape index (κ3) is 1.92. The Morgan fingerprint density at radius 1 is 1.36 bits per heavy atom. The lowest BCUT2D eigenvalue weighted by Gasteiger charge is -2.19. The Balaban J connectivity index is 2.17. The van der Waals surface area contributed by atoms with Gasteiger partial charge in [-0.25, -0.2) is 0 Å². The van der Waals surface area contributed by atoms with Gasteiger partial charge in [-0.3, -0.25) is 0 Å². The number of rotatable bonds is 3. The molecule has 3 N–H and O–H groups in total. The number of hydrogen-bond acceptors (Lipinski definition) is 2. The van der Waals surface area contributed by atoms with Gasteiger partial charge >= 0.3 is 0 Å². The zero-order chi connectivity index (χ0) is 10.1. The Hall–Kier alpha value is -0.570. The van der Waals surface area contributed by atoms with Crippen LogP contribution in [0.1, 0.15) is 24.4 Å². The number of nitrogens with two attached hydrogens (primary N) is 1. The summed E-state index contributed by atoms with van der Waals surface area (Å²) in [5.41, 5.74) is 6.79. The van der Waals surface area contributed by atoms with Crippen molar-refractivity contribution in [1.29, 1.82) is 0 Å². The highest BCUT2D eigenvalue weighted by Gasteiger charge is 2.34. The normalized spacial score (nSPS) is 20.5. The summed E-state index contributed by atoms with van der Waals surface area (Å²) < 4.78 is 0. The average molecular weight is 212 g/mol. The van der Waals surface area contributed by atoms with Crippen LogP contribution in [0.2, 0.25) is 5.02 Å². The van der Waals surface area contributed by atoms with Gasteiger partial charge in [0, 0.05) is 5.02 Å². The molecule has 1 aromatic carbocycles. The molecule has 0 aliphatic heterocycles. The minimum absolute atomic E-state index is 0.351. The van der Waals surface area contributed by atoms with E-state index in [0.29, 0.717) is 10.9 Å². The predicted molar refractivity (Wildman–Crippen MR) is 57.1 cm³/mol. The third-order valence-electron chi connectivity index (χ3n) is 2.74. The van der Waals surface area contributed by atoms with Gasteiger partial charge in [-0.1, -0.05) is 29.8 Å². The van der Waals surface area contributed by atoms with Crippen LogP contribution in [0.25, 0.3) is 0 Å². The molecule has 1 fully saturated rings. The van der Waals surface area contributed by atoms with Crippen molar-refractivity contribution in [2.75, 3.05) is 0 Å². The van der Waals surface area contributed by atoms with Gasteiger partial charge in [-0.2, -0.15) is 0 Å². The smallest absolute Gasteiger partial charge is 0.0761 e. The van der Waals surface area contributed by atoms with Gasteiger partial charge in [-0.15, -0.1) is 0 Å². The molecule has 0 spiro atoms. The van der Waals surface area contributed by atoms with E-state index >= 15 is 0 Å². The van der Waals surface area contributed by atoms with Crippen LogP contribution < -0.4 is 5.73 Å². The largest absolute Gasteiger partial charge is 0.391 e. The fourth-order valence-corrected chi connectivity index (χ4v) is 1.92. The Bertz CT molecular complexity index is 325. The van der Waals surface area contributed by atoms with Crippen LogP contribution in [0.3, 0.4) is 0 Å².